The molecule has 1 atom stereocenters. The normalized spacial score (nSPS) is 12.9. The van der Waals surface area contributed by atoms with Crippen LogP contribution in [0.25, 0.3) is 6.20 Å². The molecule has 2 aromatic heterocycles. The first-order valence-corrected chi connectivity index (χ1v) is 7.11. The number of benzene rings is 1. The van der Waals surface area contributed by atoms with Crippen LogP contribution in [0, 0.1) is 0 Å². The lowest BCUT2D eigenvalue weighted by Crippen LogP contribution is -2.09. The van der Waals surface area contributed by atoms with E-state index in [4.69, 9.17) is 23.2 Å². The molecule has 0 saturated heterocycles. The standard InChI is InChI=1S/C15H12Cl2N4/c16-12-3-4-13(14(17)11-12)15(21-9-2-7-19-21)5-10-20-8-1-6-18-20/h1-11,15H/b10-5+. The van der Waals surface area contributed by atoms with Crippen molar-refractivity contribution in [3.05, 3.63) is 76.8 Å². The molecule has 0 bridgehead atoms. The minimum absolute atomic E-state index is 0.131. The molecule has 0 spiro atoms. The van der Waals surface area contributed by atoms with Crippen molar-refractivity contribution in [2.45, 2.75) is 6.04 Å². The molecule has 1 aromatic carbocycles. The molecule has 0 fully saturated rings. The third-order valence-corrected chi connectivity index (χ3v) is 3.60. The quantitative estimate of drug-likeness (QED) is 0.724. The number of hydrogen-bond donors (Lipinski definition) is 0. The fourth-order valence-corrected chi connectivity index (χ4v) is 2.58. The number of hydrogen-bond acceptors (Lipinski definition) is 2. The first kappa shape index (κ1) is 13.9. The zero-order valence-electron chi connectivity index (χ0n) is 11.0. The van der Waals surface area contributed by atoms with E-state index >= 15 is 0 Å². The van der Waals surface area contributed by atoms with Crippen LogP contribution >= 0.6 is 23.2 Å². The Morgan fingerprint density at radius 2 is 1.86 bits per heavy atom. The Morgan fingerprint density at radius 1 is 1.05 bits per heavy atom. The van der Waals surface area contributed by atoms with Crippen molar-refractivity contribution < 1.29 is 0 Å². The fourth-order valence-electron chi connectivity index (χ4n) is 2.06. The highest BCUT2D eigenvalue weighted by Crippen LogP contribution is 2.29. The van der Waals surface area contributed by atoms with Crippen molar-refractivity contribution >= 4 is 29.4 Å². The summed E-state index contributed by atoms with van der Waals surface area (Å²) >= 11 is 12.3. The number of aromatic nitrogens is 4. The van der Waals surface area contributed by atoms with Gasteiger partial charge in [-0.1, -0.05) is 29.3 Å². The molecule has 2 heterocycles. The van der Waals surface area contributed by atoms with E-state index in [9.17, 15) is 0 Å². The van der Waals surface area contributed by atoms with Gasteiger partial charge in [-0.2, -0.15) is 10.2 Å². The van der Waals surface area contributed by atoms with Gasteiger partial charge in [-0.15, -0.1) is 0 Å². The molecule has 3 rings (SSSR count). The molecule has 0 radical (unpaired) electrons. The molecule has 4 nitrogen and oxygen atoms in total. The lowest BCUT2D eigenvalue weighted by atomic mass is 10.1. The third kappa shape index (κ3) is 3.17. The first-order chi connectivity index (χ1) is 10.2. The maximum absolute atomic E-state index is 6.32. The molecule has 1 unspecified atom stereocenters. The minimum Gasteiger partial charge on any atom is -0.261 e. The van der Waals surface area contributed by atoms with Gasteiger partial charge in [-0.25, -0.2) is 4.68 Å². The van der Waals surface area contributed by atoms with Crippen LogP contribution in [0.5, 0.6) is 0 Å². The summed E-state index contributed by atoms with van der Waals surface area (Å²) < 4.78 is 3.55. The summed E-state index contributed by atoms with van der Waals surface area (Å²) in [6, 6.07) is 9.07. The molecule has 0 saturated carbocycles. The van der Waals surface area contributed by atoms with Gasteiger partial charge < -0.3 is 0 Å². The van der Waals surface area contributed by atoms with Crippen molar-refractivity contribution in [2.24, 2.45) is 0 Å². The van der Waals surface area contributed by atoms with E-state index in [0.29, 0.717) is 10.0 Å². The summed E-state index contributed by atoms with van der Waals surface area (Å²) in [5.41, 5.74) is 0.924. The van der Waals surface area contributed by atoms with Crippen LogP contribution in [0.15, 0.2) is 61.2 Å². The predicted octanol–water partition coefficient (Wildman–Crippen LogP) is 4.15. The summed E-state index contributed by atoms with van der Waals surface area (Å²) in [5.74, 6) is 0. The Kier molecular flexibility index (Phi) is 4.08. The number of nitrogens with zero attached hydrogens (tertiary/aromatic N) is 4. The maximum atomic E-state index is 6.32. The molecule has 3 aromatic rings. The summed E-state index contributed by atoms with van der Waals surface area (Å²) in [6.45, 7) is 0. The Balaban J connectivity index is 2.00. The summed E-state index contributed by atoms with van der Waals surface area (Å²) in [7, 11) is 0. The highest BCUT2D eigenvalue weighted by atomic mass is 35.5. The van der Waals surface area contributed by atoms with Crippen LogP contribution in [-0.4, -0.2) is 19.6 Å². The van der Waals surface area contributed by atoms with Gasteiger partial charge >= 0.3 is 0 Å². The highest BCUT2D eigenvalue weighted by molar-refractivity contribution is 6.35. The number of halogens is 2. The summed E-state index contributed by atoms with van der Waals surface area (Å²) in [5, 5.41) is 9.66. The Hall–Kier alpha value is -2.04. The monoisotopic (exact) mass is 318 g/mol. The minimum atomic E-state index is -0.131. The zero-order valence-corrected chi connectivity index (χ0v) is 12.5. The molecular weight excluding hydrogens is 307 g/mol. The van der Waals surface area contributed by atoms with E-state index in [1.165, 1.54) is 0 Å². The van der Waals surface area contributed by atoms with Gasteiger partial charge in [0.15, 0.2) is 0 Å². The lowest BCUT2D eigenvalue weighted by molar-refractivity contribution is 0.612. The second-order valence-electron chi connectivity index (χ2n) is 4.42. The topological polar surface area (TPSA) is 35.6 Å². The summed E-state index contributed by atoms with van der Waals surface area (Å²) in [6.07, 6.45) is 11.1. The number of allylic oxidation sites excluding steroid dienone is 1. The van der Waals surface area contributed by atoms with Crippen LogP contribution in [0.3, 0.4) is 0 Å². The van der Waals surface area contributed by atoms with E-state index in [2.05, 4.69) is 10.2 Å². The van der Waals surface area contributed by atoms with E-state index in [0.717, 1.165) is 5.56 Å². The number of rotatable bonds is 4. The van der Waals surface area contributed by atoms with Crippen LogP contribution in [-0.2, 0) is 0 Å². The van der Waals surface area contributed by atoms with Gasteiger partial charge in [-0.3, -0.25) is 4.68 Å². The second kappa shape index (κ2) is 6.16. The van der Waals surface area contributed by atoms with E-state index in [-0.39, 0.29) is 6.04 Å². The largest absolute Gasteiger partial charge is 0.261 e. The predicted molar refractivity (Wildman–Crippen MR) is 84.4 cm³/mol. The average molecular weight is 319 g/mol. The fraction of sp³-hybridized carbons (Fsp3) is 0.0667. The van der Waals surface area contributed by atoms with Gasteiger partial charge in [0.25, 0.3) is 0 Å². The average Bonchev–Trinajstić information content (AvgIpc) is 3.14. The van der Waals surface area contributed by atoms with Gasteiger partial charge in [0.05, 0.1) is 6.04 Å². The molecule has 0 aliphatic rings. The highest BCUT2D eigenvalue weighted by Gasteiger charge is 2.14. The Morgan fingerprint density at radius 3 is 2.52 bits per heavy atom. The van der Waals surface area contributed by atoms with Crippen molar-refractivity contribution in [3.8, 4) is 0 Å². The molecule has 106 valence electrons. The maximum Gasteiger partial charge on any atom is 0.0981 e. The molecular formula is C15H12Cl2N4. The van der Waals surface area contributed by atoms with Crippen LogP contribution in [0.1, 0.15) is 11.6 Å². The molecule has 0 N–H and O–H groups in total. The van der Waals surface area contributed by atoms with E-state index in [1.807, 2.05) is 53.6 Å². The summed E-state index contributed by atoms with van der Waals surface area (Å²) in [4.78, 5) is 0. The van der Waals surface area contributed by atoms with Crippen molar-refractivity contribution in [2.75, 3.05) is 0 Å². The van der Waals surface area contributed by atoms with Crippen LogP contribution in [0.2, 0.25) is 10.0 Å². The van der Waals surface area contributed by atoms with Crippen molar-refractivity contribution in [1.82, 2.24) is 19.6 Å². The van der Waals surface area contributed by atoms with Crippen LogP contribution < -0.4 is 0 Å². The molecule has 0 aliphatic heterocycles. The third-order valence-electron chi connectivity index (χ3n) is 3.04. The SMILES string of the molecule is Clc1ccc(C(/C=C/n2cccn2)n2cccn2)c(Cl)c1. The van der Waals surface area contributed by atoms with Gasteiger partial charge in [-0.05, 0) is 35.9 Å². The van der Waals surface area contributed by atoms with E-state index < -0.39 is 0 Å². The van der Waals surface area contributed by atoms with E-state index in [1.54, 1.807) is 23.1 Å². The molecule has 0 aliphatic carbocycles. The lowest BCUT2D eigenvalue weighted by Gasteiger charge is -2.16. The molecule has 21 heavy (non-hydrogen) atoms. The van der Waals surface area contributed by atoms with Crippen LogP contribution in [0.4, 0.5) is 0 Å². The molecule has 6 heteroatoms. The zero-order chi connectivity index (χ0) is 14.7. The molecule has 0 amide bonds. The van der Waals surface area contributed by atoms with Gasteiger partial charge in [0, 0.05) is 41.0 Å². The smallest absolute Gasteiger partial charge is 0.0981 e. The second-order valence-corrected chi connectivity index (χ2v) is 5.27. The van der Waals surface area contributed by atoms with Gasteiger partial charge in [0.1, 0.15) is 0 Å². The Bertz CT molecular complexity index is 733. The van der Waals surface area contributed by atoms with Crippen molar-refractivity contribution in [3.63, 3.8) is 0 Å². The van der Waals surface area contributed by atoms with Gasteiger partial charge in [0.2, 0.25) is 0 Å². The Labute approximate surface area is 132 Å². The first-order valence-electron chi connectivity index (χ1n) is 6.35. The van der Waals surface area contributed by atoms with Crippen molar-refractivity contribution in [1.29, 1.82) is 0 Å².